The first-order valence-corrected chi connectivity index (χ1v) is 4.71. The Morgan fingerprint density at radius 2 is 1.71 bits per heavy atom. The summed E-state index contributed by atoms with van der Waals surface area (Å²) in [7, 11) is 0. The highest BCUT2D eigenvalue weighted by atomic mass is 16.4. The van der Waals surface area contributed by atoms with Gasteiger partial charge in [-0.05, 0) is 18.8 Å². The summed E-state index contributed by atoms with van der Waals surface area (Å²) in [6.45, 7) is 11.0. The largest absolute Gasteiger partial charge is 0.478 e. The van der Waals surface area contributed by atoms with E-state index in [1.807, 2.05) is 13.8 Å². The minimum Gasteiger partial charge on any atom is -0.478 e. The monoisotopic (exact) mass is 194 g/mol. The van der Waals surface area contributed by atoms with Gasteiger partial charge in [0.1, 0.15) is 0 Å². The fraction of sp³-hybridized carbons (Fsp3) is 0.417. The first kappa shape index (κ1) is 12.7. The Morgan fingerprint density at radius 1 is 1.29 bits per heavy atom. The van der Waals surface area contributed by atoms with Gasteiger partial charge in [-0.3, -0.25) is 0 Å². The molecule has 0 saturated heterocycles. The second kappa shape index (κ2) is 6.19. The summed E-state index contributed by atoms with van der Waals surface area (Å²) in [5.41, 5.74) is 1.39. The lowest BCUT2D eigenvalue weighted by Crippen LogP contribution is -2.10. The normalized spacial score (nSPS) is 9.64. The molecule has 0 amide bonds. The lowest BCUT2D eigenvalue weighted by atomic mass is 9.93. The van der Waals surface area contributed by atoms with Crippen molar-refractivity contribution >= 4 is 5.97 Å². The molecular weight excluding hydrogens is 176 g/mol. The predicted molar refractivity (Wildman–Crippen MR) is 59.1 cm³/mol. The van der Waals surface area contributed by atoms with Crippen LogP contribution in [-0.2, 0) is 4.79 Å². The third kappa shape index (κ3) is 3.60. The van der Waals surface area contributed by atoms with Crippen molar-refractivity contribution in [3.8, 4) is 0 Å². The standard InChI is InChI=1S/C12H18O2/c1-5-7-10(8-6-2)11(9(3)4)12(13)14/h5-6,9H,1-2,7-8H2,3-4H3,(H,13,14). The molecule has 0 rings (SSSR count). The molecule has 0 bridgehead atoms. The Kier molecular flexibility index (Phi) is 5.61. The third-order valence-corrected chi connectivity index (χ3v) is 1.97. The van der Waals surface area contributed by atoms with Crippen molar-refractivity contribution < 1.29 is 9.90 Å². The highest BCUT2D eigenvalue weighted by Crippen LogP contribution is 2.21. The van der Waals surface area contributed by atoms with Gasteiger partial charge in [-0.15, -0.1) is 13.2 Å². The van der Waals surface area contributed by atoms with Crippen LogP contribution in [0.4, 0.5) is 0 Å². The van der Waals surface area contributed by atoms with E-state index in [1.54, 1.807) is 12.2 Å². The molecular formula is C12H18O2. The van der Waals surface area contributed by atoms with Crippen LogP contribution in [-0.4, -0.2) is 11.1 Å². The van der Waals surface area contributed by atoms with Gasteiger partial charge in [0.25, 0.3) is 0 Å². The number of carboxylic acid groups (broad SMARTS) is 1. The van der Waals surface area contributed by atoms with E-state index in [1.165, 1.54) is 0 Å². The number of carbonyl (C=O) groups is 1. The van der Waals surface area contributed by atoms with Crippen molar-refractivity contribution in [3.05, 3.63) is 36.5 Å². The number of rotatable bonds is 6. The van der Waals surface area contributed by atoms with E-state index < -0.39 is 5.97 Å². The molecule has 0 atom stereocenters. The van der Waals surface area contributed by atoms with Crippen LogP contribution in [0.25, 0.3) is 0 Å². The van der Waals surface area contributed by atoms with E-state index in [0.717, 1.165) is 5.57 Å². The number of aliphatic carboxylic acids is 1. The SMILES string of the molecule is C=CCC(CC=C)=C(C(=O)O)C(C)C. The summed E-state index contributed by atoms with van der Waals surface area (Å²) in [6.07, 6.45) is 4.69. The van der Waals surface area contributed by atoms with Crippen LogP contribution < -0.4 is 0 Å². The minimum atomic E-state index is -0.835. The second-order valence-corrected chi connectivity index (χ2v) is 3.46. The van der Waals surface area contributed by atoms with Crippen LogP contribution in [0.3, 0.4) is 0 Å². The molecule has 0 fully saturated rings. The Hall–Kier alpha value is -1.31. The predicted octanol–water partition coefficient (Wildman–Crippen LogP) is 3.18. The van der Waals surface area contributed by atoms with Crippen LogP contribution in [0.1, 0.15) is 26.7 Å². The third-order valence-electron chi connectivity index (χ3n) is 1.97. The maximum atomic E-state index is 11.0. The molecule has 0 aromatic carbocycles. The summed E-state index contributed by atoms with van der Waals surface area (Å²) < 4.78 is 0. The molecule has 0 aliphatic carbocycles. The fourth-order valence-electron chi connectivity index (χ4n) is 1.46. The van der Waals surface area contributed by atoms with E-state index in [9.17, 15) is 4.79 Å². The quantitative estimate of drug-likeness (QED) is 0.521. The van der Waals surface area contributed by atoms with E-state index in [4.69, 9.17) is 5.11 Å². The number of allylic oxidation sites excluding steroid dienone is 3. The lowest BCUT2D eigenvalue weighted by molar-refractivity contribution is -0.133. The Balaban J connectivity index is 5.12. The molecule has 2 nitrogen and oxygen atoms in total. The van der Waals surface area contributed by atoms with Crippen molar-refractivity contribution in [2.45, 2.75) is 26.7 Å². The molecule has 0 aromatic rings. The van der Waals surface area contributed by atoms with Crippen molar-refractivity contribution in [1.29, 1.82) is 0 Å². The molecule has 0 saturated carbocycles. The van der Waals surface area contributed by atoms with Crippen molar-refractivity contribution in [2.75, 3.05) is 0 Å². The van der Waals surface area contributed by atoms with E-state index >= 15 is 0 Å². The smallest absolute Gasteiger partial charge is 0.331 e. The molecule has 14 heavy (non-hydrogen) atoms. The van der Waals surface area contributed by atoms with Gasteiger partial charge >= 0.3 is 5.97 Å². The van der Waals surface area contributed by atoms with E-state index in [-0.39, 0.29) is 5.92 Å². The Bertz CT molecular complexity index is 247. The molecule has 1 N–H and O–H groups in total. The van der Waals surface area contributed by atoms with Gasteiger partial charge in [0, 0.05) is 5.57 Å². The molecule has 0 heterocycles. The summed E-state index contributed by atoms with van der Waals surface area (Å²) in [5.74, 6) is -0.805. The van der Waals surface area contributed by atoms with Crippen molar-refractivity contribution in [3.63, 3.8) is 0 Å². The second-order valence-electron chi connectivity index (χ2n) is 3.46. The fourth-order valence-corrected chi connectivity index (χ4v) is 1.46. The van der Waals surface area contributed by atoms with Gasteiger partial charge in [0.2, 0.25) is 0 Å². The van der Waals surface area contributed by atoms with Crippen LogP contribution in [0.15, 0.2) is 36.5 Å². The summed E-state index contributed by atoms with van der Waals surface area (Å²) in [5, 5.41) is 9.04. The number of carboxylic acids is 1. The van der Waals surface area contributed by atoms with Gasteiger partial charge in [0.05, 0.1) is 0 Å². The van der Waals surface area contributed by atoms with Crippen molar-refractivity contribution in [2.24, 2.45) is 5.92 Å². The summed E-state index contributed by atoms with van der Waals surface area (Å²) >= 11 is 0. The Labute approximate surface area is 85.6 Å². The van der Waals surface area contributed by atoms with E-state index in [0.29, 0.717) is 18.4 Å². The van der Waals surface area contributed by atoms with Crippen LogP contribution in [0.2, 0.25) is 0 Å². The molecule has 0 aliphatic rings. The van der Waals surface area contributed by atoms with Crippen LogP contribution in [0.5, 0.6) is 0 Å². The number of hydrogen-bond acceptors (Lipinski definition) is 1. The molecule has 0 aliphatic heterocycles. The van der Waals surface area contributed by atoms with Gasteiger partial charge < -0.3 is 5.11 Å². The average molecular weight is 194 g/mol. The summed E-state index contributed by atoms with van der Waals surface area (Å²) in [4.78, 5) is 11.0. The molecule has 0 unspecified atom stereocenters. The van der Waals surface area contributed by atoms with Gasteiger partial charge in [-0.2, -0.15) is 0 Å². The molecule has 0 aromatic heterocycles. The topological polar surface area (TPSA) is 37.3 Å². The molecule has 0 radical (unpaired) electrons. The Morgan fingerprint density at radius 3 is 1.93 bits per heavy atom. The molecule has 2 heteroatoms. The highest BCUT2D eigenvalue weighted by Gasteiger charge is 2.16. The maximum Gasteiger partial charge on any atom is 0.331 e. The van der Waals surface area contributed by atoms with Gasteiger partial charge in [-0.25, -0.2) is 4.79 Å². The van der Waals surface area contributed by atoms with Crippen LogP contribution >= 0.6 is 0 Å². The van der Waals surface area contributed by atoms with Crippen molar-refractivity contribution in [1.82, 2.24) is 0 Å². The zero-order valence-corrected chi connectivity index (χ0v) is 8.92. The minimum absolute atomic E-state index is 0.0300. The van der Waals surface area contributed by atoms with Crippen LogP contribution in [0, 0.1) is 5.92 Å². The highest BCUT2D eigenvalue weighted by molar-refractivity contribution is 5.88. The zero-order chi connectivity index (χ0) is 11.1. The average Bonchev–Trinajstić information content (AvgIpc) is 2.03. The molecule has 78 valence electrons. The first-order chi connectivity index (χ1) is 6.54. The first-order valence-electron chi connectivity index (χ1n) is 4.71. The van der Waals surface area contributed by atoms with Gasteiger partial charge in [-0.1, -0.05) is 31.6 Å². The maximum absolute atomic E-state index is 11.0. The zero-order valence-electron chi connectivity index (χ0n) is 8.92. The molecule has 0 spiro atoms. The van der Waals surface area contributed by atoms with Gasteiger partial charge in [0.15, 0.2) is 0 Å². The lowest BCUT2D eigenvalue weighted by Gasteiger charge is -2.12. The number of hydrogen-bond donors (Lipinski definition) is 1. The summed E-state index contributed by atoms with van der Waals surface area (Å²) in [6, 6.07) is 0. The van der Waals surface area contributed by atoms with E-state index in [2.05, 4.69) is 13.2 Å².